The van der Waals surface area contributed by atoms with Gasteiger partial charge in [-0.05, 0) is 24.6 Å². The van der Waals surface area contributed by atoms with E-state index < -0.39 is 17.6 Å². The zero-order valence-electron chi connectivity index (χ0n) is 9.77. The molecule has 100 valence electrons. The number of alkyl halides is 3. The van der Waals surface area contributed by atoms with E-state index >= 15 is 0 Å². The minimum atomic E-state index is -4.57. The maximum atomic E-state index is 12.7. The molecular weight excluding hydrogens is 247 g/mol. The zero-order chi connectivity index (χ0) is 13.8. The van der Waals surface area contributed by atoms with E-state index in [0.717, 1.165) is 12.1 Å². The van der Waals surface area contributed by atoms with Crippen LogP contribution in [0.1, 0.15) is 29.3 Å². The Kier molecular flexibility index (Phi) is 4.55. The van der Waals surface area contributed by atoms with Crippen LogP contribution >= 0.6 is 0 Å². The summed E-state index contributed by atoms with van der Waals surface area (Å²) in [6.45, 7) is 2.26. The lowest BCUT2D eigenvalue weighted by molar-refractivity contribution is -0.137. The van der Waals surface area contributed by atoms with Crippen molar-refractivity contribution in [3.8, 4) is 0 Å². The first-order valence-corrected chi connectivity index (χ1v) is 5.36. The topological polar surface area (TPSA) is 67.2 Å². The number of hydrogen-bond acceptors (Lipinski definition) is 3. The van der Waals surface area contributed by atoms with Crippen molar-refractivity contribution in [2.75, 3.05) is 12.0 Å². The molecule has 0 spiro atoms. The predicted octanol–water partition coefficient (Wildman–Crippen LogP) is 2.13. The van der Waals surface area contributed by atoms with Crippen LogP contribution in [0.2, 0.25) is 0 Å². The van der Waals surface area contributed by atoms with Gasteiger partial charge in [-0.3, -0.25) is 10.6 Å². The van der Waals surface area contributed by atoms with Gasteiger partial charge in [0.25, 0.3) is 5.91 Å². The molecule has 0 atom stereocenters. The number of nitrogen functional groups attached to an aromatic ring is 1. The molecule has 1 aromatic carbocycles. The molecule has 0 radical (unpaired) electrons. The summed E-state index contributed by atoms with van der Waals surface area (Å²) in [6, 6.07) is 3.19. The first-order valence-electron chi connectivity index (χ1n) is 5.36. The minimum Gasteiger partial charge on any atom is -0.352 e. The first-order chi connectivity index (χ1) is 8.40. The fraction of sp³-hybridized carbons (Fsp3) is 0.364. The molecule has 4 N–H and O–H groups in total. The van der Waals surface area contributed by atoms with Crippen LogP contribution < -0.4 is 16.6 Å². The quantitative estimate of drug-likeness (QED) is 0.574. The molecule has 0 aliphatic rings. The van der Waals surface area contributed by atoms with Crippen LogP contribution in [0.4, 0.5) is 18.9 Å². The standard InChI is InChI=1S/C11H14F3N3O/c1-2-5-16-10(18)7-3-4-9(17-15)8(6-7)11(12,13)14/h3-4,6,17H,2,5,15H2,1H3,(H,16,18). The Bertz CT molecular complexity index is 432. The van der Waals surface area contributed by atoms with Crippen molar-refractivity contribution in [1.82, 2.24) is 5.32 Å². The molecule has 0 aliphatic heterocycles. The van der Waals surface area contributed by atoms with Gasteiger partial charge < -0.3 is 10.7 Å². The molecule has 1 rings (SSSR count). The van der Waals surface area contributed by atoms with E-state index in [1.54, 1.807) is 0 Å². The van der Waals surface area contributed by atoms with Gasteiger partial charge in [0, 0.05) is 12.1 Å². The van der Waals surface area contributed by atoms with E-state index in [1.807, 2.05) is 12.3 Å². The fourth-order valence-corrected chi connectivity index (χ4v) is 1.39. The lowest BCUT2D eigenvalue weighted by atomic mass is 10.1. The predicted molar refractivity (Wildman–Crippen MR) is 61.9 cm³/mol. The average Bonchev–Trinajstić information content (AvgIpc) is 2.34. The van der Waals surface area contributed by atoms with Crippen molar-refractivity contribution >= 4 is 11.6 Å². The van der Waals surface area contributed by atoms with Gasteiger partial charge in [0.1, 0.15) is 0 Å². The molecule has 1 amide bonds. The van der Waals surface area contributed by atoms with Gasteiger partial charge in [0.05, 0.1) is 11.3 Å². The second kappa shape index (κ2) is 5.72. The molecule has 18 heavy (non-hydrogen) atoms. The normalized spacial score (nSPS) is 11.2. The highest BCUT2D eigenvalue weighted by molar-refractivity contribution is 5.94. The Balaban J connectivity index is 3.07. The molecule has 0 saturated carbocycles. The third-order valence-corrected chi connectivity index (χ3v) is 2.28. The molecule has 0 aliphatic carbocycles. The molecule has 0 aromatic heterocycles. The molecule has 0 bridgehead atoms. The van der Waals surface area contributed by atoms with E-state index in [2.05, 4.69) is 5.32 Å². The summed E-state index contributed by atoms with van der Waals surface area (Å²) in [5.41, 5.74) is 0.681. The van der Waals surface area contributed by atoms with E-state index in [9.17, 15) is 18.0 Å². The van der Waals surface area contributed by atoms with E-state index in [0.29, 0.717) is 13.0 Å². The third-order valence-electron chi connectivity index (χ3n) is 2.28. The Morgan fingerprint density at radius 2 is 2.06 bits per heavy atom. The smallest absolute Gasteiger partial charge is 0.352 e. The maximum Gasteiger partial charge on any atom is 0.418 e. The summed E-state index contributed by atoms with van der Waals surface area (Å²) in [5, 5.41) is 2.51. The monoisotopic (exact) mass is 261 g/mol. The van der Waals surface area contributed by atoms with Crippen LogP contribution in [-0.2, 0) is 6.18 Å². The minimum absolute atomic E-state index is 0.0465. The number of halogens is 3. The second-order valence-electron chi connectivity index (χ2n) is 3.66. The molecule has 0 heterocycles. The van der Waals surface area contributed by atoms with Gasteiger partial charge in [0.2, 0.25) is 0 Å². The molecular formula is C11H14F3N3O. The number of nitrogens with one attached hydrogen (secondary N) is 2. The Labute approximate surface area is 102 Å². The van der Waals surface area contributed by atoms with Crippen molar-refractivity contribution < 1.29 is 18.0 Å². The summed E-state index contributed by atoms with van der Waals surface area (Å²) in [7, 11) is 0. The van der Waals surface area contributed by atoms with E-state index in [1.165, 1.54) is 6.07 Å². The Morgan fingerprint density at radius 1 is 1.39 bits per heavy atom. The molecule has 1 aromatic rings. The number of hydrazine groups is 1. The number of amides is 1. The van der Waals surface area contributed by atoms with Crippen molar-refractivity contribution in [3.63, 3.8) is 0 Å². The van der Waals surface area contributed by atoms with Gasteiger partial charge >= 0.3 is 6.18 Å². The number of carbonyl (C=O) groups is 1. The third kappa shape index (κ3) is 3.36. The highest BCUT2D eigenvalue weighted by Crippen LogP contribution is 2.35. The molecule has 0 unspecified atom stereocenters. The summed E-state index contributed by atoms with van der Waals surface area (Å²) in [4.78, 5) is 11.6. The number of benzene rings is 1. The largest absolute Gasteiger partial charge is 0.418 e. The summed E-state index contributed by atoms with van der Waals surface area (Å²) in [6.07, 6.45) is -3.86. The fourth-order valence-electron chi connectivity index (χ4n) is 1.39. The molecule has 4 nitrogen and oxygen atoms in total. The van der Waals surface area contributed by atoms with Crippen LogP contribution in [0.5, 0.6) is 0 Å². The average molecular weight is 261 g/mol. The van der Waals surface area contributed by atoms with Gasteiger partial charge in [-0.1, -0.05) is 6.92 Å². The molecule has 0 saturated heterocycles. The number of nitrogens with two attached hydrogens (primary N) is 1. The lowest BCUT2D eigenvalue weighted by Gasteiger charge is -2.13. The van der Waals surface area contributed by atoms with Crippen molar-refractivity contribution in [3.05, 3.63) is 29.3 Å². The van der Waals surface area contributed by atoms with Crippen LogP contribution in [0.25, 0.3) is 0 Å². The number of anilines is 1. The Morgan fingerprint density at radius 3 is 2.56 bits per heavy atom. The SMILES string of the molecule is CCCNC(=O)c1ccc(NN)c(C(F)(F)F)c1. The van der Waals surface area contributed by atoms with Crippen molar-refractivity contribution in [2.45, 2.75) is 19.5 Å². The zero-order valence-corrected chi connectivity index (χ0v) is 9.77. The van der Waals surface area contributed by atoms with Crippen LogP contribution in [0, 0.1) is 0 Å². The van der Waals surface area contributed by atoms with Crippen molar-refractivity contribution in [2.24, 2.45) is 5.84 Å². The molecule has 7 heteroatoms. The number of carbonyl (C=O) groups excluding carboxylic acids is 1. The highest BCUT2D eigenvalue weighted by Gasteiger charge is 2.34. The summed E-state index contributed by atoms with van der Waals surface area (Å²) >= 11 is 0. The first kappa shape index (κ1) is 14.3. The van der Waals surface area contributed by atoms with Crippen LogP contribution in [0.15, 0.2) is 18.2 Å². The van der Waals surface area contributed by atoms with E-state index in [-0.39, 0.29) is 11.3 Å². The summed E-state index contributed by atoms with van der Waals surface area (Å²) < 4.78 is 38.1. The van der Waals surface area contributed by atoms with Gasteiger partial charge in [-0.15, -0.1) is 0 Å². The molecule has 0 fully saturated rings. The van der Waals surface area contributed by atoms with E-state index in [4.69, 9.17) is 5.84 Å². The van der Waals surface area contributed by atoms with Crippen LogP contribution in [-0.4, -0.2) is 12.5 Å². The van der Waals surface area contributed by atoms with Crippen LogP contribution in [0.3, 0.4) is 0 Å². The number of hydrogen-bond donors (Lipinski definition) is 3. The van der Waals surface area contributed by atoms with Gasteiger partial charge in [-0.25, -0.2) is 0 Å². The Hall–Kier alpha value is -1.76. The summed E-state index contributed by atoms with van der Waals surface area (Å²) in [5.74, 6) is 4.47. The lowest BCUT2D eigenvalue weighted by Crippen LogP contribution is -2.25. The number of rotatable bonds is 4. The second-order valence-corrected chi connectivity index (χ2v) is 3.66. The maximum absolute atomic E-state index is 12.7. The highest BCUT2D eigenvalue weighted by atomic mass is 19.4. The van der Waals surface area contributed by atoms with Crippen molar-refractivity contribution in [1.29, 1.82) is 0 Å². The van der Waals surface area contributed by atoms with Gasteiger partial charge in [-0.2, -0.15) is 13.2 Å². The van der Waals surface area contributed by atoms with Gasteiger partial charge in [0.15, 0.2) is 0 Å².